The molecule has 1 heteroatoms. The van der Waals surface area contributed by atoms with E-state index in [1.807, 2.05) is 0 Å². The van der Waals surface area contributed by atoms with Crippen LogP contribution in [-0.4, -0.2) is 0 Å². The Hall–Kier alpha value is -5.14. The lowest BCUT2D eigenvalue weighted by atomic mass is 9.70. The molecule has 2 saturated carbocycles. The quantitative estimate of drug-likeness (QED) is 0.181. The van der Waals surface area contributed by atoms with Crippen molar-refractivity contribution < 1.29 is 0 Å². The fourth-order valence-electron chi connectivity index (χ4n) is 9.61. The number of benzene rings is 7. The summed E-state index contributed by atoms with van der Waals surface area (Å²) in [5.74, 6) is 3.13. The summed E-state index contributed by atoms with van der Waals surface area (Å²) >= 11 is 0. The van der Waals surface area contributed by atoms with Gasteiger partial charge in [0.25, 0.3) is 0 Å². The van der Waals surface area contributed by atoms with Gasteiger partial charge in [0, 0.05) is 16.8 Å². The summed E-state index contributed by atoms with van der Waals surface area (Å²) in [7, 11) is 0. The Balaban J connectivity index is 1.09. The molecular formula is C46H37N. The zero-order chi connectivity index (χ0) is 30.9. The molecule has 226 valence electrons. The first kappa shape index (κ1) is 27.0. The molecule has 10 rings (SSSR count). The van der Waals surface area contributed by atoms with Crippen LogP contribution in [0.3, 0.4) is 0 Å². The summed E-state index contributed by atoms with van der Waals surface area (Å²) in [5, 5.41) is 5.08. The molecular weight excluding hydrogens is 567 g/mol. The SMILES string of the molecule is c1ccc(N(c2ccc(-c3ccc4c(c3)C3CC5CC(C3)C(C5)c3ccccc3-4)cc2)c2cc3ccccc3c3ccccc23)cc1. The summed E-state index contributed by atoms with van der Waals surface area (Å²) in [5.41, 5.74) is 12.2. The second-order valence-corrected chi connectivity index (χ2v) is 14.1. The maximum atomic E-state index is 2.54. The van der Waals surface area contributed by atoms with Gasteiger partial charge in [-0.2, -0.15) is 0 Å². The third kappa shape index (κ3) is 4.37. The topological polar surface area (TPSA) is 3.24 Å². The zero-order valence-corrected chi connectivity index (χ0v) is 26.5. The second-order valence-electron chi connectivity index (χ2n) is 14.1. The summed E-state index contributed by atoms with van der Waals surface area (Å²) in [6.07, 6.45) is 5.50. The summed E-state index contributed by atoms with van der Waals surface area (Å²) < 4.78 is 0. The van der Waals surface area contributed by atoms with Gasteiger partial charge in [0.2, 0.25) is 0 Å². The van der Waals surface area contributed by atoms with Crippen LogP contribution in [0.15, 0.2) is 152 Å². The van der Waals surface area contributed by atoms with Gasteiger partial charge in [-0.1, -0.05) is 121 Å². The highest BCUT2D eigenvalue weighted by molar-refractivity contribution is 6.14. The minimum atomic E-state index is 0.668. The van der Waals surface area contributed by atoms with Crippen molar-refractivity contribution >= 4 is 38.6 Å². The fourth-order valence-corrected chi connectivity index (χ4v) is 9.61. The third-order valence-corrected chi connectivity index (χ3v) is 11.6. The molecule has 4 unspecified atom stereocenters. The van der Waals surface area contributed by atoms with E-state index in [2.05, 4.69) is 157 Å². The van der Waals surface area contributed by atoms with Crippen molar-refractivity contribution in [1.82, 2.24) is 0 Å². The van der Waals surface area contributed by atoms with E-state index in [0.29, 0.717) is 5.92 Å². The van der Waals surface area contributed by atoms with Crippen molar-refractivity contribution in [2.75, 3.05) is 4.90 Å². The molecule has 2 fully saturated rings. The number of hydrogen-bond acceptors (Lipinski definition) is 1. The van der Waals surface area contributed by atoms with Gasteiger partial charge in [-0.15, -0.1) is 0 Å². The minimum absolute atomic E-state index is 0.668. The molecule has 0 N–H and O–H groups in total. The van der Waals surface area contributed by atoms with E-state index >= 15 is 0 Å². The Labute approximate surface area is 277 Å². The van der Waals surface area contributed by atoms with Crippen LogP contribution in [0, 0.1) is 11.8 Å². The lowest BCUT2D eigenvalue weighted by Crippen LogP contribution is -2.19. The second kappa shape index (κ2) is 10.7. The highest BCUT2D eigenvalue weighted by atomic mass is 15.1. The van der Waals surface area contributed by atoms with Crippen LogP contribution in [-0.2, 0) is 0 Å². The Morgan fingerprint density at radius 2 is 1.13 bits per heavy atom. The molecule has 0 heterocycles. The average molecular weight is 604 g/mol. The highest BCUT2D eigenvalue weighted by Gasteiger charge is 2.44. The van der Waals surface area contributed by atoms with Crippen LogP contribution in [0.2, 0.25) is 0 Å². The molecule has 7 aromatic rings. The van der Waals surface area contributed by atoms with Gasteiger partial charge in [0.1, 0.15) is 0 Å². The number of nitrogens with zero attached hydrogens (tertiary/aromatic N) is 1. The minimum Gasteiger partial charge on any atom is -0.310 e. The molecule has 3 aliphatic carbocycles. The molecule has 1 nitrogen and oxygen atoms in total. The maximum Gasteiger partial charge on any atom is 0.0546 e. The number of para-hydroxylation sites is 1. The van der Waals surface area contributed by atoms with Crippen molar-refractivity contribution in [3.63, 3.8) is 0 Å². The van der Waals surface area contributed by atoms with Crippen LogP contribution in [0.5, 0.6) is 0 Å². The van der Waals surface area contributed by atoms with E-state index < -0.39 is 0 Å². The van der Waals surface area contributed by atoms with Gasteiger partial charge in [-0.3, -0.25) is 0 Å². The third-order valence-electron chi connectivity index (χ3n) is 11.6. The molecule has 7 aromatic carbocycles. The smallest absolute Gasteiger partial charge is 0.0546 e. The molecule has 47 heavy (non-hydrogen) atoms. The van der Waals surface area contributed by atoms with Crippen LogP contribution < -0.4 is 4.90 Å². The Kier molecular flexibility index (Phi) is 6.16. The fraction of sp³-hybridized carbons (Fsp3) is 0.174. The average Bonchev–Trinajstić information content (AvgIpc) is 3.45. The molecule has 0 aromatic heterocycles. The molecule has 0 aliphatic heterocycles. The molecule has 3 aliphatic rings. The summed E-state index contributed by atoms with van der Waals surface area (Å²) in [4.78, 5) is 2.42. The number of fused-ring (bicyclic) bond motifs is 10. The molecule has 0 spiro atoms. The van der Waals surface area contributed by atoms with Crippen LogP contribution in [0.4, 0.5) is 17.1 Å². The predicted octanol–water partition coefficient (Wildman–Crippen LogP) is 12.8. The van der Waals surface area contributed by atoms with E-state index in [1.165, 1.54) is 75.2 Å². The van der Waals surface area contributed by atoms with Crippen molar-refractivity contribution in [3.05, 3.63) is 163 Å². The first-order chi connectivity index (χ1) is 23.3. The van der Waals surface area contributed by atoms with Crippen LogP contribution in [0.25, 0.3) is 43.8 Å². The van der Waals surface area contributed by atoms with Gasteiger partial charge in [-0.25, -0.2) is 0 Å². The maximum absolute atomic E-state index is 2.54. The molecule has 4 atom stereocenters. The van der Waals surface area contributed by atoms with E-state index in [4.69, 9.17) is 0 Å². The molecule has 0 amide bonds. The van der Waals surface area contributed by atoms with E-state index in [0.717, 1.165) is 29.1 Å². The van der Waals surface area contributed by atoms with Crippen molar-refractivity contribution in [3.8, 4) is 22.3 Å². The van der Waals surface area contributed by atoms with Crippen LogP contribution >= 0.6 is 0 Å². The van der Waals surface area contributed by atoms with Gasteiger partial charge in [-0.05, 0) is 129 Å². The normalized spacial score (nSPS) is 20.9. The van der Waals surface area contributed by atoms with Crippen molar-refractivity contribution in [1.29, 1.82) is 0 Å². The summed E-state index contributed by atoms with van der Waals surface area (Å²) in [6, 6.07) is 56.6. The highest BCUT2D eigenvalue weighted by Crippen LogP contribution is 2.59. The largest absolute Gasteiger partial charge is 0.310 e. The van der Waals surface area contributed by atoms with Crippen LogP contribution in [0.1, 0.15) is 48.6 Å². The van der Waals surface area contributed by atoms with E-state index in [9.17, 15) is 0 Å². The molecule has 0 saturated heterocycles. The van der Waals surface area contributed by atoms with Crippen molar-refractivity contribution in [2.45, 2.75) is 37.5 Å². The molecule has 0 radical (unpaired) electrons. The summed E-state index contributed by atoms with van der Waals surface area (Å²) in [6.45, 7) is 0. The first-order valence-corrected chi connectivity index (χ1v) is 17.4. The van der Waals surface area contributed by atoms with Gasteiger partial charge >= 0.3 is 0 Å². The Morgan fingerprint density at radius 1 is 0.447 bits per heavy atom. The zero-order valence-electron chi connectivity index (χ0n) is 26.5. The number of hydrogen-bond donors (Lipinski definition) is 0. The monoisotopic (exact) mass is 603 g/mol. The van der Waals surface area contributed by atoms with Gasteiger partial charge < -0.3 is 4.90 Å². The van der Waals surface area contributed by atoms with Gasteiger partial charge in [0.05, 0.1) is 5.69 Å². The first-order valence-electron chi connectivity index (χ1n) is 17.4. The van der Waals surface area contributed by atoms with E-state index in [1.54, 1.807) is 11.1 Å². The lowest BCUT2D eigenvalue weighted by molar-refractivity contribution is 0.312. The van der Waals surface area contributed by atoms with Gasteiger partial charge in [0.15, 0.2) is 0 Å². The lowest BCUT2D eigenvalue weighted by Gasteiger charge is -2.34. The predicted molar refractivity (Wildman–Crippen MR) is 198 cm³/mol. The Bertz CT molecular complexity index is 2280. The van der Waals surface area contributed by atoms with E-state index in [-0.39, 0.29) is 0 Å². The number of anilines is 3. The van der Waals surface area contributed by atoms with Crippen molar-refractivity contribution in [2.24, 2.45) is 11.8 Å². The standard InChI is InChI=1S/C46H37N/c1-2-11-36(12-3-1)47(46-29-33-10-4-5-13-38(33)39-14-8-9-17-43(39)46)37-21-18-31(19-22-37)32-20-23-42-40-15-6-7-16-41(40)44-26-30-24-34(44)27-35(25-30)45(42)28-32/h1-23,28-30,34-35,44H,24-27H2. The molecule has 3 bridgehead atoms. The number of rotatable bonds is 4. The Morgan fingerprint density at radius 3 is 2.00 bits per heavy atom.